The van der Waals surface area contributed by atoms with Gasteiger partial charge in [-0.3, -0.25) is 4.68 Å². The van der Waals surface area contributed by atoms with Crippen LogP contribution in [0, 0.1) is 6.92 Å². The minimum atomic E-state index is -3.74. The summed E-state index contributed by atoms with van der Waals surface area (Å²) in [6, 6.07) is 0. The fourth-order valence-electron chi connectivity index (χ4n) is 0.708. The van der Waals surface area contributed by atoms with E-state index in [9.17, 15) is 8.42 Å². The van der Waals surface area contributed by atoms with E-state index in [4.69, 9.17) is 10.7 Å². The predicted octanol–water partition coefficient (Wildman–Crippen LogP) is 1.42. The summed E-state index contributed by atoms with van der Waals surface area (Å²) in [6.45, 7) is 1.74. The van der Waals surface area contributed by atoms with E-state index in [1.807, 2.05) is 0 Å². The fourth-order valence-corrected chi connectivity index (χ4v) is 2.87. The van der Waals surface area contributed by atoms with Gasteiger partial charge >= 0.3 is 0 Å². The van der Waals surface area contributed by atoms with Crippen molar-refractivity contribution in [2.75, 3.05) is 0 Å². The highest BCUT2D eigenvalue weighted by Gasteiger charge is 2.21. The maximum absolute atomic E-state index is 10.9. The lowest BCUT2D eigenvalue weighted by molar-refractivity contribution is 0.601. The van der Waals surface area contributed by atoms with Gasteiger partial charge in [-0.1, -0.05) is 0 Å². The molecule has 0 N–H and O–H groups in total. The Kier molecular flexibility index (Phi) is 2.51. The average Bonchev–Trinajstić information content (AvgIpc) is 2.15. The molecule has 0 aromatic carbocycles. The van der Waals surface area contributed by atoms with Crippen molar-refractivity contribution in [1.29, 1.82) is 0 Å². The van der Waals surface area contributed by atoms with Crippen LogP contribution in [0.2, 0.25) is 0 Å². The number of hydrogen-bond donors (Lipinski definition) is 0. The Labute approximate surface area is 83.1 Å². The summed E-state index contributed by atoms with van der Waals surface area (Å²) in [4.78, 5) is 0. The SMILES string of the molecule is Cc1c(Br)c(S(=O)(=O)Cl)nn1C. The van der Waals surface area contributed by atoms with E-state index >= 15 is 0 Å². The van der Waals surface area contributed by atoms with Crippen LogP contribution in [0.1, 0.15) is 5.69 Å². The molecule has 0 saturated carbocycles. The second-order valence-electron chi connectivity index (χ2n) is 2.27. The van der Waals surface area contributed by atoms with Gasteiger partial charge in [-0.2, -0.15) is 5.10 Å². The largest absolute Gasteiger partial charge is 0.281 e. The highest BCUT2D eigenvalue weighted by Crippen LogP contribution is 2.26. The minimum Gasteiger partial charge on any atom is -0.270 e. The van der Waals surface area contributed by atoms with Gasteiger partial charge in [0, 0.05) is 17.7 Å². The van der Waals surface area contributed by atoms with Crippen molar-refractivity contribution in [3.63, 3.8) is 0 Å². The summed E-state index contributed by atoms with van der Waals surface area (Å²) in [7, 11) is 3.02. The summed E-state index contributed by atoms with van der Waals surface area (Å²) < 4.78 is 23.6. The molecule has 0 aliphatic rings. The molecule has 12 heavy (non-hydrogen) atoms. The van der Waals surface area contributed by atoms with Gasteiger partial charge in [0.1, 0.15) is 0 Å². The lowest BCUT2D eigenvalue weighted by Crippen LogP contribution is -1.95. The van der Waals surface area contributed by atoms with Crippen LogP contribution in [0.15, 0.2) is 9.50 Å². The molecule has 0 aliphatic heterocycles. The van der Waals surface area contributed by atoms with E-state index in [1.54, 1.807) is 14.0 Å². The van der Waals surface area contributed by atoms with Crippen molar-refractivity contribution in [3.8, 4) is 0 Å². The number of halogens is 2. The molecule has 1 rings (SSSR count). The molecule has 0 spiro atoms. The van der Waals surface area contributed by atoms with Crippen LogP contribution >= 0.6 is 26.6 Å². The first-order valence-corrected chi connectivity index (χ1v) is 6.08. The Hall–Kier alpha value is -0.0700. The van der Waals surface area contributed by atoms with Crippen molar-refractivity contribution in [3.05, 3.63) is 10.2 Å². The van der Waals surface area contributed by atoms with Gasteiger partial charge in [0.25, 0.3) is 9.05 Å². The van der Waals surface area contributed by atoms with Crippen molar-refractivity contribution >= 4 is 35.7 Å². The molecule has 68 valence electrons. The first-order chi connectivity index (χ1) is 5.34. The zero-order valence-corrected chi connectivity index (χ0v) is 9.53. The van der Waals surface area contributed by atoms with Crippen LogP contribution in [0.25, 0.3) is 0 Å². The Bertz CT molecular complexity index is 411. The monoisotopic (exact) mass is 272 g/mol. The molecule has 0 radical (unpaired) electrons. The molecule has 0 saturated heterocycles. The molecule has 0 aliphatic carbocycles. The molecule has 0 fully saturated rings. The van der Waals surface area contributed by atoms with Crippen LogP contribution in [-0.2, 0) is 16.1 Å². The van der Waals surface area contributed by atoms with Gasteiger partial charge < -0.3 is 0 Å². The summed E-state index contributed by atoms with van der Waals surface area (Å²) >= 11 is 3.09. The average molecular weight is 274 g/mol. The van der Waals surface area contributed by atoms with Gasteiger partial charge in [-0.15, -0.1) is 0 Å². The standard InChI is InChI=1S/C5H6BrClN2O2S/c1-3-4(6)5(8-9(3)2)12(7,10)11/h1-2H3. The first kappa shape index (κ1) is 10.0. The van der Waals surface area contributed by atoms with Gasteiger partial charge in [0.05, 0.1) is 10.2 Å². The third kappa shape index (κ3) is 1.65. The molecule has 0 bridgehead atoms. The lowest BCUT2D eigenvalue weighted by atomic mass is 10.5. The first-order valence-electron chi connectivity index (χ1n) is 2.98. The molecule has 4 nitrogen and oxygen atoms in total. The number of aromatic nitrogens is 2. The fraction of sp³-hybridized carbons (Fsp3) is 0.400. The van der Waals surface area contributed by atoms with Crippen molar-refractivity contribution < 1.29 is 8.42 Å². The maximum atomic E-state index is 10.9. The van der Waals surface area contributed by atoms with Crippen molar-refractivity contribution in [1.82, 2.24) is 9.78 Å². The minimum absolute atomic E-state index is 0.135. The second kappa shape index (κ2) is 3.01. The summed E-state index contributed by atoms with van der Waals surface area (Å²) in [5.41, 5.74) is 0.717. The quantitative estimate of drug-likeness (QED) is 0.727. The molecule has 1 aromatic rings. The predicted molar refractivity (Wildman–Crippen MR) is 48.7 cm³/mol. The number of hydrogen-bond acceptors (Lipinski definition) is 3. The zero-order chi connectivity index (χ0) is 9.52. The van der Waals surface area contributed by atoms with E-state index in [0.717, 1.165) is 0 Å². The topological polar surface area (TPSA) is 52.0 Å². The molecule has 1 heterocycles. The van der Waals surface area contributed by atoms with Gasteiger partial charge in [-0.05, 0) is 22.9 Å². The van der Waals surface area contributed by atoms with Crippen LogP contribution in [-0.4, -0.2) is 18.2 Å². The molecular formula is C5H6BrClN2O2S. The maximum Gasteiger partial charge on any atom is 0.281 e. The number of nitrogens with zero attached hydrogens (tertiary/aromatic N) is 2. The zero-order valence-electron chi connectivity index (χ0n) is 6.38. The molecule has 0 atom stereocenters. The lowest BCUT2D eigenvalue weighted by Gasteiger charge is -1.89. The van der Waals surface area contributed by atoms with Gasteiger partial charge in [-0.25, -0.2) is 8.42 Å². The normalized spacial score (nSPS) is 12.0. The smallest absolute Gasteiger partial charge is 0.270 e. The Morgan fingerprint density at radius 1 is 1.58 bits per heavy atom. The Morgan fingerprint density at radius 3 is 2.25 bits per heavy atom. The van der Waals surface area contributed by atoms with Crippen molar-refractivity contribution in [2.24, 2.45) is 7.05 Å². The van der Waals surface area contributed by atoms with Crippen LogP contribution in [0.3, 0.4) is 0 Å². The summed E-state index contributed by atoms with van der Waals surface area (Å²) in [5, 5.41) is 3.60. The summed E-state index contributed by atoms with van der Waals surface area (Å²) in [6.07, 6.45) is 0. The molecule has 7 heteroatoms. The molecule has 1 aromatic heterocycles. The molecule has 0 amide bonds. The molecular weight excluding hydrogens is 267 g/mol. The van der Waals surface area contributed by atoms with Crippen molar-refractivity contribution in [2.45, 2.75) is 11.9 Å². The highest BCUT2D eigenvalue weighted by molar-refractivity contribution is 9.10. The van der Waals surface area contributed by atoms with E-state index in [-0.39, 0.29) is 5.03 Å². The molecule has 0 unspecified atom stereocenters. The van der Waals surface area contributed by atoms with E-state index in [2.05, 4.69) is 21.0 Å². The highest BCUT2D eigenvalue weighted by atomic mass is 79.9. The number of rotatable bonds is 1. The van der Waals surface area contributed by atoms with Gasteiger partial charge in [0.2, 0.25) is 5.03 Å². The second-order valence-corrected chi connectivity index (χ2v) is 5.54. The third-order valence-corrected chi connectivity index (χ3v) is 3.86. The van der Waals surface area contributed by atoms with Crippen LogP contribution < -0.4 is 0 Å². The Morgan fingerprint density at radius 2 is 2.08 bits per heavy atom. The third-order valence-electron chi connectivity index (χ3n) is 1.46. The van der Waals surface area contributed by atoms with E-state index in [0.29, 0.717) is 10.2 Å². The Balaban J connectivity index is 3.48. The van der Waals surface area contributed by atoms with E-state index < -0.39 is 9.05 Å². The van der Waals surface area contributed by atoms with E-state index in [1.165, 1.54) is 4.68 Å². The van der Waals surface area contributed by atoms with Gasteiger partial charge in [0.15, 0.2) is 0 Å². The van der Waals surface area contributed by atoms with Crippen LogP contribution in [0.4, 0.5) is 0 Å². The summed E-state index contributed by atoms with van der Waals surface area (Å²) in [5.74, 6) is 0. The number of aryl methyl sites for hydroxylation is 1. The van der Waals surface area contributed by atoms with Crippen LogP contribution in [0.5, 0.6) is 0 Å².